The molecule has 1 aromatic carbocycles. The summed E-state index contributed by atoms with van der Waals surface area (Å²) in [6.07, 6.45) is 3.37. The highest BCUT2D eigenvalue weighted by Gasteiger charge is 2.24. The molecule has 128 valence electrons. The number of carbonyl (C=O) groups excluding carboxylic acids is 1. The zero-order valence-corrected chi connectivity index (χ0v) is 14.4. The number of nitrogens with one attached hydrogen (secondary N) is 1. The van der Waals surface area contributed by atoms with Crippen molar-refractivity contribution in [3.63, 3.8) is 0 Å². The monoisotopic (exact) mass is 348 g/mol. The molecule has 0 aliphatic carbocycles. The molecule has 1 atom stereocenters. The van der Waals surface area contributed by atoms with Crippen LogP contribution in [0.3, 0.4) is 0 Å². The zero-order valence-electron chi connectivity index (χ0n) is 13.6. The van der Waals surface area contributed by atoms with E-state index in [0.29, 0.717) is 30.6 Å². The molecule has 1 aliphatic rings. The molecule has 24 heavy (non-hydrogen) atoms. The fourth-order valence-corrected chi connectivity index (χ4v) is 3.11. The van der Waals surface area contributed by atoms with E-state index in [0.717, 1.165) is 18.7 Å². The van der Waals surface area contributed by atoms with Crippen LogP contribution in [0.2, 0.25) is 5.02 Å². The number of amides is 1. The molecule has 0 spiro atoms. The van der Waals surface area contributed by atoms with Crippen LogP contribution in [0.1, 0.15) is 22.2 Å². The van der Waals surface area contributed by atoms with E-state index < -0.39 is 0 Å². The first-order valence-electron chi connectivity index (χ1n) is 7.98. The van der Waals surface area contributed by atoms with E-state index in [1.54, 1.807) is 24.0 Å². The molecular formula is C17H21ClN4O2. The first-order valence-corrected chi connectivity index (χ1v) is 8.36. The standard InChI is InChI=1S/C17H21ClN4O2/c1-21-6-5-19-16(21)17(23)20-12-15(22-7-9-24-10-8-22)13-3-2-4-14(18)11-13/h2-6,11,15H,7-10,12H2,1H3,(H,20,23). The summed E-state index contributed by atoms with van der Waals surface area (Å²) in [7, 11) is 1.80. The van der Waals surface area contributed by atoms with Crippen molar-refractivity contribution in [3.05, 3.63) is 53.1 Å². The maximum atomic E-state index is 12.3. The van der Waals surface area contributed by atoms with Crippen LogP contribution in [0, 0.1) is 0 Å². The van der Waals surface area contributed by atoms with Gasteiger partial charge in [0.25, 0.3) is 5.91 Å². The topological polar surface area (TPSA) is 59.4 Å². The molecule has 1 aromatic heterocycles. The smallest absolute Gasteiger partial charge is 0.287 e. The van der Waals surface area contributed by atoms with Gasteiger partial charge in [-0.2, -0.15) is 0 Å². The lowest BCUT2D eigenvalue weighted by Gasteiger charge is -2.35. The van der Waals surface area contributed by atoms with Crippen molar-refractivity contribution in [2.24, 2.45) is 7.05 Å². The van der Waals surface area contributed by atoms with Gasteiger partial charge in [0.2, 0.25) is 0 Å². The SMILES string of the molecule is Cn1ccnc1C(=O)NCC(c1cccc(Cl)c1)N1CCOCC1. The molecule has 2 heterocycles. The summed E-state index contributed by atoms with van der Waals surface area (Å²) in [4.78, 5) is 18.8. The van der Waals surface area contributed by atoms with Crippen molar-refractivity contribution in [1.29, 1.82) is 0 Å². The van der Waals surface area contributed by atoms with Crippen LogP contribution >= 0.6 is 11.6 Å². The summed E-state index contributed by atoms with van der Waals surface area (Å²) < 4.78 is 7.15. The number of rotatable bonds is 5. The van der Waals surface area contributed by atoms with Crippen LogP contribution in [0.25, 0.3) is 0 Å². The first-order chi connectivity index (χ1) is 11.6. The Kier molecular flexibility index (Phi) is 5.50. The molecule has 1 aliphatic heterocycles. The summed E-state index contributed by atoms with van der Waals surface area (Å²) in [6, 6.07) is 7.84. The molecule has 1 unspecified atom stereocenters. The number of morpholine rings is 1. The number of ether oxygens (including phenoxy) is 1. The number of benzene rings is 1. The molecule has 0 saturated carbocycles. The lowest BCUT2D eigenvalue weighted by Crippen LogP contribution is -2.44. The quantitative estimate of drug-likeness (QED) is 0.896. The molecule has 1 fully saturated rings. The minimum absolute atomic E-state index is 0.0526. The normalized spacial score (nSPS) is 16.8. The predicted octanol–water partition coefficient (Wildman–Crippen LogP) is 1.88. The van der Waals surface area contributed by atoms with E-state index in [2.05, 4.69) is 15.2 Å². The van der Waals surface area contributed by atoms with Crippen molar-refractivity contribution in [3.8, 4) is 0 Å². The molecule has 7 heteroatoms. The molecule has 1 amide bonds. The van der Waals surface area contributed by atoms with E-state index in [9.17, 15) is 4.79 Å². The zero-order chi connectivity index (χ0) is 16.9. The predicted molar refractivity (Wildman–Crippen MR) is 92.1 cm³/mol. The van der Waals surface area contributed by atoms with Crippen LogP contribution in [0.5, 0.6) is 0 Å². The van der Waals surface area contributed by atoms with Gasteiger partial charge in [-0.25, -0.2) is 4.98 Å². The van der Waals surface area contributed by atoms with Gasteiger partial charge in [-0.1, -0.05) is 23.7 Å². The second-order valence-corrected chi connectivity index (χ2v) is 6.23. The Morgan fingerprint density at radius 2 is 2.21 bits per heavy atom. The van der Waals surface area contributed by atoms with E-state index in [-0.39, 0.29) is 11.9 Å². The van der Waals surface area contributed by atoms with Crippen molar-refractivity contribution in [2.45, 2.75) is 6.04 Å². The van der Waals surface area contributed by atoms with Gasteiger partial charge in [0, 0.05) is 44.1 Å². The number of hydrogen-bond acceptors (Lipinski definition) is 4. The third kappa shape index (κ3) is 3.95. The number of aryl methyl sites for hydroxylation is 1. The van der Waals surface area contributed by atoms with Gasteiger partial charge >= 0.3 is 0 Å². The number of carbonyl (C=O) groups is 1. The maximum absolute atomic E-state index is 12.3. The second-order valence-electron chi connectivity index (χ2n) is 5.79. The van der Waals surface area contributed by atoms with E-state index >= 15 is 0 Å². The van der Waals surface area contributed by atoms with Crippen molar-refractivity contribution in [1.82, 2.24) is 19.8 Å². The van der Waals surface area contributed by atoms with Crippen molar-refractivity contribution in [2.75, 3.05) is 32.8 Å². The third-order valence-electron chi connectivity index (χ3n) is 4.20. The van der Waals surface area contributed by atoms with Crippen LogP contribution in [0.15, 0.2) is 36.7 Å². The Morgan fingerprint density at radius 1 is 1.42 bits per heavy atom. The van der Waals surface area contributed by atoms with Crippen LogP contribution < -0.4 is 5.32 Å². The molecule has 6 nitrogen and oxygen atoms in total. The summed E-state index contributed by atoms with van der Waals surface area (Å²) >= 11 is 6.15. The summed E-state index contributed by atoms with van der Waals surface area (Å²) in [5.41, 5.74) is 1.09. The first kappa shape index (κ1) is 17.0. The van der Waals surface area contributed by atoms with Gasteiger partial charge < -0.3 is 14.6 Å². The fraction of sp³-hybridized carbons (Fsp3) is 0.412. The Labute approximate surface area is 146 Å². The Morgan fingerprint density at radius 3 is 2.88 bits per heavy atom. The molecule has 0 bridgehead atoms. The highest BCUT2D eigenvalue weighted by Crippen LogP contribution is 2.24. The van der Waals surface area contributed by atoms with Gasteiger partial charge in [0.05, 0.1) is 19.3 Å². The highest BCUT2D eigenvalue weighted by molar-refractivity contribution is 6.30. The van der Waals surface area contributed by atoms with Gasteiger partial charge in [-0.15, -0.1) is 0 Å². The van der Waals surface area contributed by atoms with Gasteiger partial charge in [0.1, 0.15) is 0 Å². The van der Waals surface area contributed by atoms with Crippen LogP contribution in [-0.2, 0) is 11.8 Å². The van der Waals surface area contributed by atoms with Gasteiger partial charge in [-0.05, 0) is 17.7 Å². The lowest BCUT2D eigenvalue weighted by molar-refractivity contribution is 0.0162. The number of imidazole rings is 1. The third-order valence-corrected chi connectivity index (χ3v) is 4.44. The van der Waals surface area contributed by atoms with Gasteiger partial charge in [-0.3, -0.25) is 9.69 Å². The summed E-state index contributed by atoms with van der Waals surface area (Å²) in [5, 5.41) is 3.69. The molecule has 1 saturated heterocycles. The minimum atomic E-state index is -0.178. The van der Waals surface area contributed by atoms with Crippen LogP contribution in [0.4, 0.5) is 0 Å². The molecule has 1 N–H and O–H groups in total. The highest BCUT2D eigenvalue weighted by atomic mass is 35.5. The Hall–Kier alpha value is -1.89. The van der Waals surface area contributed by atoms with Crippen LogP contribution in [-0.4, -0.2) is 53.2 Å². The van der Waals surface area contributed by atoms with Crippen molar-refractivity contribution >= 4 is 17.5 Å². The molecule has 3 rings (SSSR count). The maximum Gasteiger partial charge on any atom is 0.287 e. The molecular weight excluding hydrogens is 328 g/mol. The average Bonchev–Trinajstić information content (AvgIpc) is 3.02. The number of hydrogen-bond donors (Lipinski definition) is 1. The number of aromatic nitrogens is 2. The lowest BCUT2D eigenvalue weighted by atomic mass is 10.0. The molecule has 2 aromatic rings. The summed E-state index contributed by atoms with van der Waals surface area (Å²) in [6.45, 7) is 3.55. The minimum Gasteiger partial charge on any atom is -0.379 e. The van der Waals surface area contributed by atoms with E-state index in [4.69, 9.17) is 16.3 Å². The number of nitrogens with zero attached hydrogens (tertiary/aromatic N) is 3. The molecule has 0 radical (unpaired) electrons. The fourth-order valence-electron chi connectivity index (χ4n) is 2.91. The van der Waals surface area contributed by atoms with E-state index in [1.165, 1.54) is 0 Å². The van der Waals surface area contributed by atoms with Crippen molar-refractivity contribution < 1.29 is 9.53 Å². The second kappa shape index (κ2) is 7.79. The average molecular weight is 349 g/mol. The largest absolute Gasteiger partial charge is 0.379 e. The van der Waals surface area contributed by atoms with Gasteiger partial charge in [0.15, 0.2) is 5.82 Å². The Bertz CT molecular complexity index is 697. The van der Waals surface area contributed by atoms with E-state index in [1.807, 2.05) is 24.3 Å². The Balaban J connectivity index is 1.74. The number of halogens is 1. The summed E-state index contributed by atoms with van der Waals surface area (Å²) in [5.74, 6) is 0.226.